The normalized spacial score (nSPS) is 10.3. The SMILES string of the molecule is COc1ccc(CCN(C)C(=O)c2cccc(Oc3ccccc3)c2)cc1OC. The highest BCUT2D eigenvalue weighted by Crippen LogP contribution is 2.28. The number of carbonyl (C=O) groups is 1. The van der Waals surface area contributed by atoms with Crippen molar-refractivity contribution in [2.24, 2.45) is 0 Å². The summed E-state index contributed by atoms with van der Waals surface area (Å²) in [5.41, 5.74) is 1.66. The van der Waals surface area contributed by atoms with Gasteiger partial charge in [0, 0.05) is 19.2 Å². The van der Waals surface area contributed by atoms with Gasteiger partial charge >= 0.3 is 0 Å². The molecule has 1 amide bonds. The van der Waals surface area contributed by atoms with Crippen LogP contribution < -0.4 is 14.2 Å². The number of methoxy groups -OCH3 is 2. The van der Waals surface area contributed by atoms with E-state index in [0.717, 1.165) is 11.3 Å². The molecule has 0 heterocycles. The van der Waals surface area contributed by atoms with Crippen LogP contribution >= 0.6 is 0 Å². The molecule has 0 spiro atoms. The summed E-state index contributed by atoms with van der Waals surface area (Å²) < 4.78 is 16.4. The Bertz CT molecular complexity index is 956. The van der Waals surface area contributed by atoms with Crippen molar-refractivity contribution in [1.29, 1.82) is 0 Å². The number of nitrogens with zero attached hydrogens (tertiary/aromatic N) is 1. The Labute approximate surface area is 171 Å². The van der Waals surface area contributed by atoms with E-state index in [1.807, 2.05) is 60.7 Å². The molecule has 0 atom stereocenters. The minimum absolute atomic E-state index is 0.0519. The molecule has 3 rings (SSSR count). The first-order chi connectivity index (χ1) is 14.1. The first-order valence-corrected chi connectivity index (χ1v) is 9.40. The maximum absolute atomic E-state index is 12.8. The average molecular weight is 391 g/mol. The summed E-state index contributed by atoms with van der Waals surface area (Å²) in [6.07, 6.45) is 0.711. The predicted octanol–water partition coefficient (Wildman–Crippen LogP) is 4.81. The van der Waals surface area contributed by atoms with Gasteiger partial charge in [-0.25, -0.2) is 0 Å². The molecule has 0 radical (unpaired) electrons. The van der Waals surface area contributed by atoms with Crippen LogP contribution in [-0.4, -0.2) is 38.6 Å². The largest absolute Gasteiger partial charge is 0.493 e. The summed E-state index contributed by atoms with van der Waals surface area (Å²) in [4.78, 5) is 14.5. The first-order valence-electron chi connectivity index (χ1n) is 9.40. The van der Waals surface area contributed by atoms with E-state index in [0.29, 0.717) is 35.8 Å². The Morgan fingerprint density at radius 2 is 1.55 bits per heavy atom. The molecule has 0 saturated heterocycles. The summed E-state index contributed by atoms with van der Waals surface area (Å²) in [7, 11) is 5.02. The van der Waals surface area contributed by atoms with Crippen molar-refractivity contribution in [3.63, 3.8) is 0 Å². The van der Waals surface area contributed by atoms with E-state index in [4.69, 9.17) is 14.2 Å². The van der Waals surface area contributed by atoms with E-state index in [1.54, 1.807) is 38.3 Å². The number of benzene rings is 3. The van der Waals surface area contributed by atoms with E-state index < -0.39 is 0 Å². The number of amides is 1. The zero-order valence-electron chi connectivity index (χ0n) is 16.9. The molecule has 3 aromatic carbocycles. The van der Waals surface area contributed by atoms with Crippen LogP contribution in [-0.2, 0) is 6.42 Å². The van der Waals surface area contributed by atoms with Crippen molar-refractivity contribution in [3.8, 4) is 23.0 Å². The van der Waals surface area contributed by atoms with E-state index in [2.05, 4.69) is 0 Å². The zero-order valence-corrected chi connectivity index (χ0v) is 16.9. The first kappa shape index (κ1) is 20.3. The standard InChI is InChI=1S/C24H25NO4/c1-25(15-14-18-12-13-22(27-2)23(16-18)28-3)24(26)19-8-7-11-21(17-19)29-20-9-5-4-6-10-20/h4-13,16-17H,14-15H2,1-3H3. The topological polar surface area (TPSA) is 48.0 Å². The van der Waals surface area contributed by atoms with Crippen LogP contribution in [0.5, 0.6) is 23.0 Å². The molecule has 0 fully saturated rings. The second kappa shape index (κ2) is 9.64. The molecular formula is C24H25NO4. The highest BCUT2D eigenvalue weighted by Gasteiger charge is 2.13. The monoisotopic (exact) mass is 391 g/mol. The molecule has 29 heavy (non-hydrogen) atoms. The maximum Gasteiger partial charge on any atom is 0.253 e. The van der Waals surface area contributed by atoms with Crippen LogP contribution in [0.15, 0.2) is 72.8 Å². The minimum atomic E-state index is -0.0519. The van der Waals surface area contributed by atoms with Gasteiger partial charge in [0.2, 0.25) is 0 Å². The van der Waals surface area contributed by atoms with Crippen molar-refractivity contribution in [2.75, 3.05) is 27.8 Å². The molecule has 0 unspecified atom stereocenters. The summed E-state index contributed by atoms with van der Waals surface area (Å²) in [6, 6.07) is 22.5. The number of hydrogen-bond acceptors (Lipinski definition) is 4. The predicted molar refractivity (Wildman–Crippen MR) is 113 cm³/mol. The highest BCUT2D eigenvalue weighted by atomic mass is 16.5. The number of ether oxygens (including phenoxy) is 3. The van der Waals surface area contributed by atoms with Crippen LogP contribution in [0.25, 0.3) is 0 Å². The molecule has 0 aliphatic rings. The number of carbonyl (C=O) groups excluding carboxylic acids is 1. The van der Waals surface area contributed by atoms with Gasteiger partial charge in [0.25, 0.3) is 5.91 Å². The van der Waals surface area contributed by atoms with Gasteiger partial charge in [-0.05, 0) is 54.4 Å². The summed E-state index contributed by atoms with van der Waals surface area (Å²) in [5.74, 6) is 2.69. The molecule has 0 aliphatic heterocycles. The lowest BCUT2D eigenvalue weighted by Crippen LogP contribution is -2.28. The molecule has 3 aromatic rings. The Morgan fingerprint density at radius 1 is 0.828 bits per heavy atom. The van der Waals surface area contributed by atoms with Crippen molar-refractivity contribution in [2.45, 2.75) is 6.42 Å². The van der Waals surface area contributed by atoms with E-state index in [9.17, 15) is 4.79 Å². The second-order valence-electron chi connectivity index (χ2n) is 6.61. The lowest BCUT2D eigenvalue weighted by Gasteiger charge is -2.18. The second-order valence-corrected chi connectivity index (χ2v) is 6.61. The molecule has 0 bridgehead atoms. The summed E-state index contributed by atoms with van der Waals surface area (Å²) >= 11 is 0. The van der Waals surface area contributed by atoms with Crippen molar-refractivity contribution in [1.82, 2.24) is 4.90 Å². The number of rotatable bonds is 8. The van der Waals surface area contributed by atoms with Crippen LogP contribution in [0.2, 0.25) is 0 Å². The lowest BCUT2D eigenvalue weighted by atomic mass is 10.1. The van der Waals surface area contributed by atoms with E-state index in [-0.39, 0.29) is 5.91 Å². The number of hydrogen-bond donors (Lipinski definition) is 0. The average Bonchev–Trinajstić information content (AvgIpc) is 2.77. The molecule has 5 nitrogen and oxygen atoms in total. The van der Waals surface area contributed by atoms with Gasteiger partial charge in [0.15, 0.2) is 11.5 Å². The summed E-state index contributed by atoms with van der Waals surface area (Å²) in [6.45, 7) is 0.581. The molecular weight excluding hydrogens is 366 g/mol. The quantitative estimate of drug-likeness (QED) is 0.553. The minimum Gasteiger partial charge on any atom is -0.493 e. The van der Waals surface area contributed by atoms with Crippen LogP contribution in [0.3, 0.4) is 0 Å². The molecule has 5 heteroatoms. The molecule has 0 N–H and O–H groups in total. The lowest BCUT2D eigenvalue weighted by molar-refractivity contribution is 0.0796. The molecule has 0 aliphatic carbocycles. The van der Waals surface area contributed by atoms with E-state index in [1.165, 1.54) is 0 Å². The smallest absolute Gasteiger partial charge is 0.253 e. The Kier molecular flexibility index (Phi) is 6.74. The van der Waals surface area contributed by atoms with Gasteiger partial charge < -0.3 is 19.1 Å². The zero-order chi connectivity index (χ0) is 20.6. The fourth-order valence-electron chi connectivity index (χ4n) is 2.97. The van der Waals surface area contributed by atoms with Crippen LogP contribution in [0.4, 0.5) is 0 Å². The fourth-order valence-corrected chi connectivity index (χ4v) is 2.97. The third kappa shape index (κ3) is 5.29. The third-order valence-electron chi connectivity index (χ3n) is 4.59. The molecule has 150 valence electrons. The summed E-state index contributed by atoms with van der Waals surface area (Å²) in [5, 5.41) is 0. The number of para-hydroxylation sites is 1. The van der Waals surface area contributed by atoms with Gasteiger partial charge in [-0.1, -0.05) is 30.3 Å². The van der Waals surface area contributed by atoms with Gasteiger partial charge in [-0.15, -0.1) is 0 Å². The Balaban J connectivity index is 1.63. The number of likely N-dealkylation sites (N-methyl/N-ethyl adjacent to an activating group) is 1. The van der Waals surface area contributed by atoms with Crippen molar-refractivity contribution < 1.29 is 19.0 Å². The Hall–Kier alpha value is -3.47. The van der Waals surface area contributed by atoms with Crippen molar-refractivity contribution in [3.05, 3.63) is 83.9 Å². The highest BCUT2D eigenvalue weighted by molar-refractivity contribution is 5.94. The van der Waals surface area contributed by atoms with Crippen LogP contribution in [0.1, 0.15) is 15.9 Å². The van der Waals surface area contributed by atoms with Gasteiger partial charge in [0.1, 0.15) is 11.5 Å². The van der Waals surface area contributed by atoms with Gasteiger partial charge in [0.05, 0.1) is 14.2 Å². The molecule has 0 saturated carbocycles. The third-order valence-corrected chi connectivity index (χ3v) is 4.59. The fraction of sp³-hybridized carbons (Fsp3) is 0.208. The van der Waals surface area contributed by atoms with Gasteiger partial charge in [-0.3, -0.25) is 4.79 Å². The van der Waals surface area contributed by atoms with Crippen molar-refractivity contribution >= 4 is 5.91 Å². The van der Waals surface area contributed by atoms with Crippen LogP contribution in [0, 0.1) is 0 Å². The maximum atomic E-state index is 12.8. The molecule has 0 aromatic heterocycles. The van der Waals surface area contributed by atoms with Gasteiger partial charge in [-0.2, -0.15) is 0 Å². The Morgan fingerprint density at radius 3 is 2.28 bits per heavy atom. The van der Waals surface area contributed by atoms with E-state index >= 15 is 0 Å².